The largest absolute Gasteiger partial charge is 0.496 e. The van der Waals surface area contributed by atoms with Crippen LogP contribution in [0.2, 0.25) is 0 Å². The first-order valence-electron chi connectivity index (χ1n) is 7.63. The zero-order valence-electron chi connectivity index (χ0n) is 13.2. The Hall–Kier alpha value is -2.30. The van der Waals surface area contributed by atoms with Gasteiger partial charge in [-0.2, -0.15) is 0 Å². The second-order valence-corrected chi connectivity index (χ2v) is 5.05. The van der Waals surface area contributed by atoms with E-state index >= 15 is 0 Å². The molecule has 0 bridgehead atoms. The highest BCUT2D eigenvalue weighted by Crippen LogP contribution is 2.17. The van der Waals surface area contributed by atoms with E-state index in [1.807, 2.05) is 35.0 Å². The molecule has 2 aromatic rings. The van der Waals surface area contributed by atoms with E-state index in [9.17, 15) is 4.79 Å². The van der Waals surface area contributed by atoms with Gasteiger partial charge in [0.25, 0.3) is 0 Å². The molecule has 0 aliphatic heterocycles. The molecule has 0 unspecified atom stereocenters. The molecular weight excluding hydrogens is 278 g/mol. The van der Waals surface area contributed by atoms with Crippen molar-refractivity contribution >= 4 is 5.91 Å². The fourth-order valence-electron chi connectivity index (χ4n) is 2.41. The van der Waals surface area contributed by atoms with E-state index in [-0.39, 0.29) is 5.91 Å². The van der Waals surface area contributed by atoms with Gasteiger partial charge in [-0.05, 0) is 18.1 Å². The van der Waals surface area contributed by atoms with E-state index in [2.05, 4.69) is 17.2 Å². The summed E-state index contributed by atoms with van der Waals surface area (Å²) in [6.45, 7) is 3.35. The van der Waals surface area contributed by atoms with Gasteiger partial charge in [0.1, 0.15) is 11.6 Å². The number of benzene rings is 1. The van der Waals surface area contributed by atoms with E-state index in [1.165, 1.54) is 0 Å². The van der Waals surface area contributed by atoms with E-state index in [4.69, 9.17) is 4.74 Å². The molecule has 0 spiro atoms. The van der Waals surface area contributed by atoms with E-state index < -0.39 is 0 Å². The SMILES string of the molecule is CCc1nccn1CCC(=O)NCCc1ccccc1OC. The summed E-state index contributed by atoms with van der Waals surface area (Å²) in [5.41, 5.74) is 1.10. The molecule has 1 aromatic heterocycles. The number of nitrogens with zero attached hydrogens (tertiary/aromatic N) is 2. The first kappa shape index (κ1) is 16.1. The topological polar surface area (TPSA) is 56.2 Å². The van der Waals surface area contributed by atoms with Crippen LogP contribution in [0.3, 0.4) is 0 Å². The molecule has 1 N–H and O–H groups in total. The van der Waals surface area contributed by atoms with Crippen molar-refractivity contribution in [3.63, 3.8) is 0 Å². The number of hydrogen-bond donors (Lipinski definition) is 1. The van der Waals surface area contributed by atoms with Crippen molar-refractivity contribution in [1.29, 1.82) is 0 Å². The molecule has 118 valence electrons. The summed E-state index contributed by atoms with van der Waals surface area (Å²) in [5.74, 6) is 1.94. The summed E-state index contributed by atoms with van der Waals surface area (Å²) in [6, 6.07) is 7.87. The first-order valence-corrected chi connectivity index (χ1v) is 7.63. The predicted molar refractivity (Wildman–Crippen MR) is 85.9 cm³/mol. The quantitative estimate of drug-likeness (QED) is 0.813. The van der Waals surface area contributed by atoms with Crippen LogP contribution in [0.1, 0.15) is 24.7 Å². The van der Waals surface area contributed by atoms with Crippen LogP contribution >= 0.6 is 0 Å². The Labute approximate surface area is 131 Å². The van der Waals surface area contributed by atoms with Crippen LogP contribution in [0.15, 0.2) is 36.7 Å². The molecule has 0 fully saturated rings. The lowest BCUT2D eigenvalue weighted by Crippen LogP contribution is -2.26. The maximum absolute atomic E-state index is 11.9. The molecule has 1 aromatic carbocycles. The maximum Gasteiger partial charge on any atom is 0.221 e. The lowest BCUT2D eigenvalue weighted by molar-refractivity contribution is -0.121. The smallest absolute Gasteiger partial charge is 0.221 e. The van der Waals surface area contributed by atoms with Crippen molar-refractivity contribution < 1.29 is 9.53 Å². The molecule has 0 aliphatic rings. The predicted octanol–water partition coefficient (Wildman–Crippen LogP) is 2.20. The van der Waals surface area contributed by atoms with E-state index in [0.717, 1.165) is 30.0 Å². The van der Waals surface area contributed by atoms with Crippen LogP contribution in [0, 0.1) is 0 Å². The minimum absolute atomic E-state index is 0.0608. The third-order valence-electron chi connectivity index (χ3n) is 3.61. The maximum atomic E-state index is 11.9. The van der Waals surface area contributed by atoms with Crippen LogP contribution in [0.4, 0.5) is 0 Å². The summed E-state index contributed by atoms with van der Waals surface area (Å²) in [4.78, 5) is 16.2. The number of aryl methyl sites for hydroxylation is 2. The number of imidazole rings is 1. The molecule has 1 heterocycles. The number of nitrogens with one attached hydrogen (secondary N) is 1. The zero-order valence-corrected chi connectivity index (χ0v) is 13.2. The Kier molecular flexibility index (Phi) is 6.01. The monoisotopic (exact) mass is 301 g/mol. The molecule has 5 heteroatoms. The van der Waals surface area contributed by atoms with Gasteiger partial charge in [0.05, 0.1) is 7.11 Å². The summed E-state index contributed by atoms with van der Waals surface area (Å²) < 4.78 is 7.33. The van der Waals surface area contributed by atoms with Crippen LogP contribution in [-0.2, 0) is 24.2 Å². The van der Waals surface area contributed by atoms with Crippen molar-refractivity contribution in [1.82, 2.24) is 14.9 Å². The minimum Gasteiger partial charge on any atom is -0.496 e. The fourth-order valence-corrected chi connectivity index (χ4v) is 2.41. The fraction of sp³-hybridized carbons (Fsp3) is 0.412. The zero-order chi connectivity index (χ0) is 15.8. The van der Waals surface area contributed by atoms with Crippen molar-refractivity contribution in [2.45, 2.75) is 32.7 Å². The number of methoxy groups -OCH3 is 1. The number of amides is 1. The number of carbonyl (C=O) groups is 1. The van der Waals surface area contributed by atoms with Gasteiger partial charge in [-0.15, -0.1) is 0 Å². The van der Waals surface area contributed by atoms with Gasteiger partial charge in [0, 0.05) is 38.3 Å². The van der Waals surface area contributed by atoms with Crippen molar-refractivity contribution in [3.8, 4) is 5.75 Å². The van der Waals surface area contributed by atoms with Crippen LogP contribution in [0.25, 0.3) is 0 Å². The molecule has 0 saturated heterocycles. The summed E-state index contributed by atoms with van der Waals surface area (Å²) in [5, 5.41) is 2.95. The van der Waals surface area contributed by atoms with Gasteiger partial charge in [-0.3, -0.25) is 4.79 Å². The average molecular weight is 301 g/mol. The Morgan fingerprint density at radius 2 is 2.18 bits per heavy atom. The molecule has 0 radical (unpaired) electrons. The average Bonchev–Trinajstić information content (AvgIpc) is 3.01. The standard InChI is InChI=1S/C17H23N3O2/c1-3-16-18-11-13-20(16)12-9-17(21)19-10-8-14-6-4-5-7-15(14)22-2/h4-7,11,13H,3,8-10,12H2,1-2H3,(H,19,21). The van der Waals surface area contributed by atoms with E-state index in [1.54, 1.807) is 13.3 Å². The van der Waals surface area contributed by atoms with Gasteiger partial charge >= 0.3 is 0 Å². The number of hydrogen-bond acceptors (Lipinski definition) is 3. The normalized spacial score (nSPS) is 10.5. The lowest BCUT2D eigenvalue weighted by Gasteiger charge is -2.10. The highest BCUT2D eigenvalue weighted by Gasteiger charge is 2.06. The number of para-hydroxylation sites is 1. The van der Waals surface area contributed by atoms with Crippen LogP contribution in [0.5, 0.6) is 5.75 Å². The van der Waals surface area contributed by atoms with Gasteiger partial charge in [-0.1, -0.05) is 25.1 Å². The Bertz CT molecular complexity index is 607. The molecule has 5 nitrogen and oxygen atoms in total. The molecule has 2 rings (SSSR count). The van der Waals surface area contributed by atoms with Gasteiger partial charge in [0.15, 0.2) is 0 Å². The van der Waals surface area contributed by atoms with Crippen molar-refractivity contribution in [2.24, 2.45) is 0 Å². The number of rotatable bonds is 8. The van der Waals surface area contributed by atoms with Gasteiger partial charge in [0.2, 0.25) is 5.91 Å². The van der Waals surface area contributed by atoms with Crippen molar-refractivity contribution in [3.05, 3.63) is 48.0 Å². The molecule has 22 heavy (non-hydrogen) atoms. The van der Waals surface area contributed by atoms with Crippen LogP contribution in [-0.4, -0.2) is 29.1 Å². The molecule has 0 aliphatic carbocycles. The third kappa shape index (κ3) is 4.35. The van der Waals surface area contributed by atoms with Crippen molar-refractivity contribution in [2.75, 3.05) is 13.7 Å². The lowest BCUT2D eigenvalue weighted by atomic mass is 10.1. The highest BCUT2D eigenvalue weighted by molar-refractivity contribution is 5.75. The Morgan fingerprint density at radius 1 is 1.36 bits per heavy atom. The number of carbonyl (C=O) groups excluding carboxylic acids is 1. The molecular formula is C17H23N3O2. The third-order valence-corrected chi connectivity index (χ3v) is 3.61. The number of ether oxygens (including phenoxy) is 1. The van der Waals surface area contributed by atoms with Gasteiger partial charge < -0.3 is 14.6 Å². The summed E-state index contributed by atoms with van der Waals surface area (Å²) in [7, 11) is 1.66. The molecule has 0 atom stereocenters. The number of aromatic nitrogens is 2. The second kappa shape index (κ2) is 8.22. The Balaban J connectivity index is 1.74. The molecule has 0 saturated carbocycles. The summed E-state index contributed by atoms with van der Waals surface area (Å²) >= 11 is 0. The first-order chi connectivity index (χ1) is 10.7. The van der Waals surface area contributed by atoms with E-state index in [0.29, 0.717) is 19.5 Å². The highest BCUT2D eigenvalue weighted by atomic mass is 16.5. The minimum atomic E-state index is 0.0608. The molecule has 1 amide bonds. The van der Waals surface area contributed by atoms with Crippen LogP contribution < -0.4 is 10.1 Å². The van der Waals surface area contributed by atoms with Gasteiger partial charge in [-0.25, -0.2) is 4.98 Å². The summed E-state index contributed by atoms with van der Waals surface area (Å²) in [6.07, 6.45) is 5.80. The Morgan fingerprint density at radius 3 is 2.95 bits per heavy atom. The second-order valence-electron chi connectivity index (χ2n) is 5.05.